The van der Waals surface area contributed by atoms with Crippen molar-refractivity contribution < 1.29 is 13.2 Å². The Morgan fingerprint density at radius 2 is 1.56 bits per heavy atom. The molecule has 1 fully saturated rings. The van der Waals surface area contributed by atoms with Crippen molar-refractivity contribution >= 4 is 15.7 Å². The lowest BCUT2D eigenvalue weighted by Crippen LogP contribution is -2.30. The van der Waals surface area contributed by atoms with E-state index >= 15 is 0 Å². The average Bonchev–Trinajstić information content (AvgIpc) is 3.72. The van der Waals surface area contributed by atoms with Crippen LogP contribution in [0.4, 0.5) is 5.69 Å². The van der Waals surface area contributed by atoms with Crippen molar-refractivity contribution in [1.82, 2.24) is 9.78 Å². The van der Waals surface area contributed by atoms with Crippen LogP contribution < -0.4 is 9.04 Å². The van der Waals surface area contributed by atoms with E-state index in [1.807, 2.05) is 97.5 Å². The van der Waals surface area contributed by atoms with E-state index in [1.54, 1.807) is 19.2 Å². The van der Waals surface area contributed by atoms with Gasteiger partial charge in [0.15, 0.2) is 0 Å². The lowest BCUT2D eigenvalue weighted by molar-refractivity contribution is 0.412. The summed E-state index contributed by atoms with van der Waals surface area (Å²) in [4.78, 5) is 0.264. The number of hydrogen-bond donors (Lipinski definition) is 0. The summed E-state index contributed by atoms with van der Waals surface area (Å²) in [6, 6.07) is 29.4. The molecule has 208 valence electrons. The Morgan fingerprint density at radius 1 is 0.854 bits per heavy atom. The molecule has 0 N–H and O–H groups in total. The number of benzene rings is 4. The van der Waals surface area contributed by atoms with E-state index in [-0.39, 0.29) is 11.4 Å². The fourth-order valence-corrected chi connectivity index (χ4v) is 6.49. The van der Waals surface area contributed by atoms with Gasteiger partial charge in [0.25, 0.3) is 10.0 Å². The molecule has 0 aliphatic heterocycles. The molecule has 6 rings (SSSR count). The van der Waals surface area contributed by atoms with E-state index in [1.165, 1.54) is 4.31 Å². The molecular formula is C34H33N3O3S. The smallest absolute Gasteiger partial charge is 0.264 e. The second kappa shape index (κ2) is 10.9. The fraction of sp³-hybridized carbons (Fsp3) is 0.206. The Hall–Kier alpha value is -4.36. The van der Waals surface area contributed by atoms with Crippen LogP contribution in [0.25, 0.3) is 22.3 Å². The van der Waals surface area contributed by atoms with Gasteiger partial charge in [-0.3, -0.25) is 8.99 Å². The molecule has 5 aromatic rings. The molecule has 1 aliphatic carbocycles. The molecule has 7 heteroatoms. The zero-order valence-corrected chi connectivity index (χ0v) is 24.3. The number of nitrogens with zero attached hydrogens (tertiary/aromatic N) is 3. The molecule has 0 bridgehead atoms. The number of aromatic nitrogens is 2. The summed E-state index contributed by atoms with van der Waals surface area (Å²) >= 11 is 0. The SMILES string of the molecule is COc1ccc(-c2ccc(CN(c3cccc(-c4cnn(C5CC5)c4)c3)S(=O)(=O)c3ccc(C)cc3)cc2)cc1C. The Balaban J connectivity index is 1.35. The first-order chi connectivity index (χ1) is 19.8. The normalized spacial score (nSPS) is 13.2. The number of anilines is 1. The molecule has 41 heavy (non-hydrogen) atoms. The number of aryl methyl sites for hydroxylation is 2. The average molecular weight is 564 g/mol. The van der Waals surface area contributed by atoms with E-state index in [0.29, 0.717) is 11.7 Å². The zero-order valence-electron chi connectivity index (χ0n) is 23.5. The van der Waals surface area contributed by atoms with Gasteiger partial charge in [-0.1, -0.05) is 60.2 Å². The first-order valence-electron chi connectivity index (χ1n) is 13.8. The lowest BCUT2D eigenvalue weighted by atomic mass is 10.0. The number of sulfonamides is 1. The van der Waals surface area contributed by atoms with Crippen LogP contribution in [0.5, 0.6) is 5.75 Å². The van der Waals surface area contributed by atoms with Crippen LogP contribution in [0.3, 0.4) is 0 Å². The standard InChI is InChI=1S/C34H33N3O3S/c1-24-7-16-33(17-8-24)41(38,39)37(32-6-4-5-28(20-32)30-21-35-36(23-30)31-14-15-31)22-26-9-11-27(12-10-26)29-13-18-34(40-3)25(2)19-29/h4-13,16-21,23,31H,14-15,22H2,1-3H3. The molecule has 0 amide bonds. The molecule has 0 saturated heterocycles. The zero-order chi connectivity index (χ0) is 28.6. The second-order valence-electron chi connectivity index (χ2n) is 10.7. The quantitative estimate of drug-likeness (QED) is 0.186. The molecular weight excluding hydrogens is 530 g/mol. The van der Waals surface area contributed by atoms with E-state index in [4.69, 9.17) is 4.74 Å². The molecule has 4 aromatic carbocycles. The highest BCUT2D eigenvalue weighted by atomic mass is 32.2. The number of ether oxygens (including phenoxy) is 1. The summed E-state index contributed by atoms with van der Waals surface area (Å²) in [5.41, 5.74) is 7.62. The molecule has 6 nitrogen and oxygen atoms in total. The molecule has 0 unspecified atom stereocenters. The molecule has 1 heterocycles. The van der Waals surface area contributed by atoms with Gasteiger partial charge in [0.05, 0.1) is 36.5 Å². The molecule has 1 saturated carbocycles. The molecule has 0 radical (unpaired) electrons. The number of methoxy groups -OCH3 is 1. The van der Waals surface area contributed by atoms with Crippen molar-refractivity contribution in [3.05, 3.63) is 120 Å². The minimum absolute atomic E-state index is 0.197. The lowest BCUT2D eigenvalue weighted by Gasteiger charge is -2.25. The largest absolute Gasteiger partial charge is 0.496 e. The minimum Gasteiger partial charge on any atom is -0.496 e. The third kappa shape index (κ3) is 5.63. The summed E-state index contributed by atoms with van der Waals surface area (Å²) in [5, 5.41) is 4.53. The van der Waals surface area contributed by atoms with Crippen LogP contribution >= 0.6 is 0 Å². The first kappa shape index (κ1) is 26.8. The van der Waals surface area contributed by atoms with Crippen molar-refractivity contribution in [3.63, 3.8) is 0 Å². The number of rotatable bonds is 9. The highest BCUT2D eigenvalue weighted by molar-refractivity contribution is 7.92. The van der Waals surface area contributed by atoms with E-state index in [9.17, 15) is 8.42 Å². The van der Waals surface area contributed by atoms with Gasteiger partial charge >= 0.3 is 0 Å². The predicted octanol–water partition coefficient (Wildman–Crippen LogP) is 7.57. The van der Waals surface area contributed by atoms with Crippen molar-refractivity contribution in [2.45, 2.75) is 44.2 Å². The van der Waals surface area contributed by atoms with Gasteiger partial charge in [-0.05, 0) is 90.9 Å². The maximum atomic E-state index is 14.1. The van der Waals surface area contributed by atoms with E-state index in [2.05, 4.69) is 17.4 Å². The summed E-state index contributed by atoms with van der Waals surface area (Å²) in [6.45, 7) is 4.17. The summed E-state index contributed by atoms with van der Waals surface area (Å²) in [7, 11) is -2.17. The molecule has 0 atom stereocenters. The van der Waals surface area contributed by atoms with Crippen LogP contribution in [0, 0.1) is 13.8 Å². The van der Waals surface area contributed by atoms with Crippen LogP contribution in [-0.4, -0.2) is 25.3 Å². The highest BCUT2D eigenvalue weighted by Gasteiger charge is 2.27. The predicted molar refractivity (Wildman–Crippen MR) is 164 cm³/mol. The molecule has 1 aromatic heterocycles. The van der Waals surface area contributed by atoms with Crippen molar-refractivity contribution in [2.24, 2.45) is 0 Å². The van der Waals surface area contributed by atoms with E-state index < -0.39 is 10.0 Å². The Labute approximate surface area is 241 Å². The van der Waals surface area contributed by atoms with Gasteiger partial charge < -0.3 is 4.74 Å². The summed E-state index contributed by atoms with van der Waals surface area (Å²) < 4.78 is 37.1. The van der Waals surface area contributed by atoms with Crippen LogP contribution in [0.15, 0.2) is 108 Å². The fourth-order valence-electron chi connectivity index (χ4n) is 5.05. The van der Waals surface area contributed by atoms with Gasteiger partial charge in [-0.15, -0.1) is 0 Å². The Morgan fingerprint density at radius 3 is 2.24 bits per heavy atom. The highest BCUT2D eigenvalue weighted by Crippen LogP contribution is 2.36. The molecule has 0 spiro atoms. The Kier molecular flexibility index (Phi) is 7.14. The van der Waals surface area contributed by atoms with Crippen molar-refractivity contribution in [3.8, 4) is 28.0 Å². The second-order valence-corrected chi connectivity index (χ2v) is 12.6. The van der Waals surface area contributed by atoms with Crippen molar-refractivity contribution in [1.29, 1.82) is 0 Å². The van der Waals surface area contributed by atoms with Gasteiger partial charge in [0.2, 0.25) is 0 Å². The first-order valence-corrected chi connectivity index (χ1v) is 15.2. The third-order valence-corrected chi connectivity index (χ3v) is 9.40. The number of hydrogen-bond acceptors (Lipinski definition) is 4. The monoisotopic (exact) mass is 563 g/mol. The van der Waals surface area contributed by atoms with Crippen LogP contribution in [-0.2, 0) is 16.6 Å². The van der Waals surface area contributed by atoms with Gasteiger partial charge in [-0.25, -0.2) is 8.42 Å². The topological polar surface area (TPSA) is 64.4 Å². The minimum atomic E-state index is -3.84. The van der Waals surface area contributed by atoms with Crippen LogP contribution in [0.2, 0.25) is 0 Å². The third-order valence-electron chi connectivity index (χ3n) is 7.61. The van der Waals surface area contributed by atoms with Crippen molar-refractivity contribution in [2.75, 3.05) is 11.4 Å². The van der Waals surface area contributed by atoms with Gasteiger partial charge in [0.1, 0.15) is 5.75 Å². The molecule has 1 aliphatic rings. The maximum absolute atomic E-state index is 14.1. The van der Waals surface area contributed by atoms with E-state index in [0.717, 1.165) is 57.5 Å². The van der Waals surface area contributed by atoms with Gasteiger partial charge in [0, 0.05) is 11.8 Å². The van der Waals surface area contributed by atoms with Gasteiger partial charge in [-0.2, -0.15) is 5.10 Å². The Bertz CT molecular complexity index is 1790. The van der Waals surface area contributed by atoms with Crippen LogP contribution in [0.1, 0.15) is 35.6 Å². The summed E-state index contributed by atoms with van der Waals surface area (Å²) in [5.74, 6) is 0.851. The summed E-state index contributed by atoms with van der Waals surface area (Å²) in [6.07, 6.45) is 6.21. The maximum Gasteiger partial charge on any atom is 0.264 e.